The Hall–Kier alpha value is -1.48. The van der Waals surface area contributed by atoms with Crippen LogP contribution in [0.1, 0.15) is 25.8 Å². The normalized spacial score (nSPS) is 10.4. The van der Waals surface area contributed by atoms with Gasteiger partial charge in [-0.15, -0.1) is 0 Å². The van der Waals surface area contributed by atoms with Crippen molar-refractivity contribution in [1.82, 2.24) is 5.32 Å². The Morgan fingerprint density at radius 3 is 2.83 bits per heavy atom. The standard InChI is InChI=1S/C15H23NO2/c1-4-17-11-7-10-16-12-14-8-5-6-9-15(14)18-13(2)3/h4-6,8-9,13,16H,1,7,10-12H2,2-3H3. The summed E-state index contributed by atoms with van der Waals surface area (Å²) >= 11 is 0. The van der Waals surface area contributed by atoms with Crippen LogP contribution in [0.5, 0.6) is 5.75 Å². The predicted molar refractivity (Wildman–Crippen MR) is 74.7 cm³/mol. The van der Waals surface area contributed by atoms with E-state index in [2.05, 4.69) is 18.0 Å². The lowest BCUT2D eigenvalue weighted by molar-refractivity contribution is 0.238. The first-order valence-corrected chi connectivity index (χ1v) is 6.42. The molecule has 0 amide bonds. The third-order valence-electron chi connectivity index (χ3n) is 2.38. The molecule has 0 fully saturated rings. The Labute approximate surface area is 110 Å². The lowest BCUT2D eigenvalue weighted by atomic mass is 10.2. The average Bonchev–Trinajstić information content (AvgIpc) is 2.35. The highest BCUT2D eigenvalue weighted by Gasteiger charge is 2.03. The van der Waals surface area contributed by atoms with Crippen LogP contribution in [0.2, 0.25) is 0 Å². The van der Waals surface area contributed by atoms with Gasteiger partial charge in [0.05, 0.1) is 19.0 Å². The van der Waals surface area contributed by atoms with E-state index in [1.165, 1.54) is 11.8 Å². The molecule has 0 saturated carbocycles. The van der Waals surface area contributed by atoms with Gasteiger partial charge in [0.1, 0.15) is 5.75 Å². The first-order chi connectivity index (χ1) is 8.74. The van der Waals surface area contributed by atoms with Crippen molar-refractivity contribution in [2.75, 3.05) is 13.2 Å². The van der Waals surface area contributed by atoms with Crippen LogP contribution in [0.3, 0.4) is 0 Å². The minimum Gasteiger partial charge on any atom is -0.502 e. The van der Waals surface area contributed by atoms with Crippen LogP contribution >= 0.6 is 0 Å². The van der Waals surface area contributed by atoms with Crippen LogP contribution in [0, 0.1) is 0 Å². The zero-order valence-corrected chi connectivity index (χ0v) is 11.3. The molecule has 0 aliphatic carbocycles. The van der Waals surface area contributed by atoms with Crippen LogP contribution < -0.4 is 10.1 Å². The third kappa shape index (κ3) is 5.73. The number of hydrogen-bond acceptors (Lipinski definition) is 3. The molecule has 0 radical (unpaired) electrons. The Kier molecular flexibility index (Phi) is 6.96. The predicted octanol–water partition coefficient (Wildman–Crippen LogP) is 3.11. The van der Waals surface area contributed by atoms with Crippen molar-refractivity contribution in [3.8, 4) is 5.75 Å². The maximum absolute atomic E-state index is 5.76. The largest absolute Gasteiger partial charge is 0.502 e. The fourth-order valence-corrected chi connectivity index (χ4v) is 1.61. The fraction of sp³-hybridized carbons (Fsp3) is 0.467. The summed E-state index contributed by atoms with van der Waals surface area (Å²) in [4.78, 5) is 0. The second kappa shape index (κ2) is 8.59. The zero-order chi connectivity index (χ0) is 13.2. The second-order valence-electron chi connectivity index (χ2n) is 4.34. The molecule has 1 aromatic rings. The maximum Gasteiger partial charge on any atom is 0.124 e. The molecular formula is C15H23NO2. The zero-order valence-electron chi connectivity index (χ0n) is 11.3. The molecular weight excluding hydrogens is 226 g/mol. The summed E-state index contributed by atoms with van der Waals surface area (Å²) in [7, 11) is 0. The van der Waals surface area contributed by atoms with Gasteiger partial charge in [-0.2, -0.15) is 0 Å². The number of ether oxygens (including phenoxy) is 2. The van der Waals surface area contributed by atoms with E-state index < -0.39 is 0 Å². The van der Waals surface area contributed by atoms with Gasteiger partial charge in [-0.05, 0) is 32.9 Å². The SMILES string of the molecule is C=COCCCNCc1ccccc1OC(C)C. The molecule has 1 aromatic carbocycles. The van der Waals surface area contributed by atoms with E-state index in [1.54, 1.807) is 0 Å². The van der Waals surface area contributed by atoms with Gasteiger partial charge in [0, 0.05) is 12.1 Å². The molecule has 0 saturated heterocycles. The van der Waals surface area contributed by atoms with E-state index in [9.17, 15) is 0 Å². The summed E-state index contributed by atoms with van der Waals surface area (Å²) in [6, 6.07) is 8.13. The van der Waals surface area contributed by atoms with Gasteiger partial charge in [0.25, 0.3) is 0 Å². The molecule has 0 heterocycles. The van der Waals surface area contributed by atoms with Crippen molar-refractivity contribution >= 4 is 0 Å². The summed E-state index contributed by atoms with van der Waals surface area (Å²) in [5.74, 6) is 0.961. The monoisotopic (exact) mass is 249 g/mol. The minimum atomic E-state index is 0.201. The molecule has 0 aromatic heterocycles. The Morgan fingerprint density at radius 2 is 2.11 bits per heavy atom. The summed E-state index contributed by atoms with van der Waals surface area (Å²) in [6.45, 7) is 10.0. The Balaban J connectivity index is 2.34. The fourth-order valence-electron chi connectivity index (χ4n) is 1.61. The molecule has 0 aliphatic heterocycles. The molecule has 0 aliphatic rings. The maximum atomic E-state index is 5.76. The van der Waals surface area contributed by atoms with E-state index in [-0.39, 0.29) is 6.10 Å². The summed E-state index contributed by atoms with van der Waals surface area (Å²) in [6.07, 6.45) is 2.65. The highest BCUT2D eigenvalue weighted by molar-refractivity contribution is 5.33. The van der Waals surface area contributed by atoms with E-state index in [0.29, 0.717) is 6.61 Å². The van der Waals surface area contributed by atoms with Gasteiger partial charge in [-0.25, -0.2) is 0 Å². The average molecular weight is 249 g/mol. The first kappa shape index (κ1) is 14.6. The van der Waals surface area contributed by atoms with Crippen molar-refractivity contribution in [2.45, 2.75) is 32.9 Å². The van der Waals surface area contributed by atoms with Crippen molar-refractivity contribution in [1.29, 1.82) is 0 Å². The highest BCUT2D eigenvalue weighted by Crippen LogP contribution is 2.18. The lowest BCUT2D eigenvalue weighted by Gasteiger charge is -2.14. The smallest absolute Gasteiger partial charge is 0.124 e. The highest BCUT2D eigenvalue weighted by atomic mass is 16.5. The number of para-hydroxylation sites is 1. The quantitative estimate of drug-likeness (QED) is 0.539. The van der Waals surface area contributed by atoms with Crippen LogP contribution in [-0.4, -0.2) is 19.3 Å². The van der Waals surface area contributed by atoms with Crippen molar-refractivity contribution in [3.63, 3.8) is 0 Å². The Morgan fingerprint density at radius 1 is 1.33 bits per heavy atom. The van der Waals surface area contributed by atoms with Crippen molar-refractivity contribution in [2.24, 2.45) is 0 Å². The third-order valence-corrected chi connectivity index (χ3v) is 2.38. The molecule has 1 N–H and O–H groups in total. The molecule has 1 rings (SSSR count). The first-order valence-electron chi connectivity index (χ1n) is 6.42. The van der Waals surface area contributed by atoms with Crippen LogP contribution in [0.25, 0.3) is 0 Å². The number of benzene rings is 1. The summed E-state index contributed by atoms with van der Waals surface area (Å²) in [5.41, 5.74) is 1.19. The van der Waals surface area contributed by atoms with E-state index in [4.69, 9.17) is 9.47 Å². The summed E-state index contributed by atoms with van der Waals surface area (Å²) < 4.78 is 10.8. The van der Waals surface area contributed by atoms with Crippen LogP contribution in [-0.2, 0) is 11.3 Å². The summed E-state index contributed by atoms with van der Waals surface area (Å²) in [5, 5.41) is 3.38. The van der Waals surface area contributed by atoms with Gasteiger partial charge < -0.3 is 14.8 Å². The van der Waals surface area contributed by atoms with Gasteiger partial charge in [0.15, 0.2) is 0 Å². The molecule has 3 nitrogen and oxygen atoms in total. The molecule has 100 valence electrons. The van der Waals surface area contributed by atoms with Crippen molar-refractivity contribution < 1.29 is 9.47 Å². The number of rotatable bonds is 9. The van der Waals surface area contributed by atoms with Gasteiger partial charge >= 0.3 is 0 Å². The molecule has 3 heteroatoms. The van der Waals surface area contributed by atoms with Crippen LogP contribution in [0.4, 0.5) is 0 Å². The van der Waals surface area contributed by atoms with Gasteiger partial charge in [-0.1, -0.05) is 24.8 Å². The molecule has 18 heavy (non-hydrogen) atoms. The second-order valence-corrected chi connectivity index (χ2v) is 4.34. The van der Waals surface area contributed by atoms with E-state index in [1.807, 2.05) is 32.0 Å². The lowest BCUT2D eigenvalue weighted by Crippen LogP contribution is -2.17. The van der Waals surface area contributed by atoms with E-state index in [0.717, 1.165) is 25.3 Å². The van der Waals surface area contributed by atoms with E-state index >= 15 is 0 Å². The van der Waals surface area contributed by atoms with Crippen molar-refractivity contribution in [3.05, 3.63) is 42.7 Å². The molecule has 0 spiro atoms. The van der Waals surface area contributed by atoms with Gasteiger partial charge in [0.2, 0.25) is 0 Å². The topological polar surface area (TPSA) is 30.5 Å². The molecule has 0 bridgehead atoms. The Bertz CT molecular complexity index is 350. The van der Waals surface area contributed by atoms with Crippen LogP contribution in [0.15, 0.2) is 37.1 Å². The minimum absolute atomic E-state index is 0.201. The molecule has 0 atom stereocenters. The molecule has 0 unspecified atom stereocenters. The number of nitrogens with one attached hydrogen (secondary N) is 1. The number of hydrogen-bond donors (Lipinski definition) is 1. The van der Waals surface area contributed by atoms with Gasteiger partial charge in [-0.3, -0.25) is 0 Å².